The summed E-state index contributed by atoms with van der Waals surface area (Å²) >= 11 is 0. The van der Waals surface area contributed by atoms with E-state index in [0.717, 1.165) is 28.8 Å². The van der Waals surface area contributed by atoms with E-state index in [2.05, 4.69) is 9.97 Å². The summed E-state index contributed by atoms with van der Waals surface area (Å²) in [5, 5.41) is 11.1. The first-order valence-corrected chi connectivity index (χ1v) is 9.81. The van der Waals surface area contributed by atoms with Crippen LogP contribution >= 0.6 is 0 Å². The van der Waals surface area contributed by atoms with Crippen molar-refractivity contribution < 1.29 is 14.3 Å². The molecule has 1 amide bonds. The van der Waals surface area contributed by atoms with Gasteiger partial charge in [-0.1, -0.05) is 24.3 Å². The first kappa shape index (κ1) is 19.5. The molecular formula is C22H25FN4O2. The van der Waals surface area contributed by atoms with Gasteiger partial charge in [0.1, 0.15) is 11.6 Å². The van der Waals surface area contributed by atoms with Gasteiger partial charge in [-0.25, -0.2) is 9.37 Å². The van der Waals surface area contributed by atoms with Gasteiger partial charge in [0.2, 0.25) is 0 Å². The molecule has 3 aromatic rings. The Labute approximate surface area is 169 Å². The van der Waals surface area contributed by atoms with Gasteiger partial charge in [-0.3, -0.25) is 9.69 Å². The van der Waals surface area contributed by atoms with E-state index in [-0.39, 0.29) is 18.3 Å². The van der Waals surface area contributed by atoms with Crippen LogP contribution in [-0.2, 0) is 17.9 Å². The van der Waals surface area contributed by atoms with E-state index in [1.54, 1.807) is 17.0 Å². The third kappa shape index (κ3) is 4.31. The molecule has 1 saturated heterocycles. The number of likely N-dealkylation sites (N-methyl/N-ethyl adjacent to an activating group) is 1. The van der Waals surface area contributed by atoms with Crippen LogP contribution in [0.1, 0.15) is 24.2 Å². The second-order valence-corrected chi connectivity index (χ2v) is 7.86. The first-order valence-electron chi connectivity index (χ1n) is 9.81. The summed E-state index contributed by atoms with van der Waals surface area (Å²) in [7, 11) is 1.87. The summed E-state index contributed by atoms with van der Waals surface area (Å²) in [5.74, 6) is 0.218. The van der Waals surface area contributed by atoms with Gasteiger partial charge in [0.15, 0.2) is 5.60 Å². The molecule has 0 radical (unpaired) electrons. The Kier molecular flexibility index (Phi) is 5.34. The molecule has 0 bridgehead atoms. The van der Waals surface area contributed by atoms with E-state index in [1.165, 1.54) is 12.1 Å². The second kappa shape index (κ2) is 7.93. The molecule has 1 atom stereocenters. The molecule has 2 N–H and O–H groups in total. The molecule has 7 heteroatoms. The lowest BCUT2D eigenvalue weighted by Gasteiger charge is -2.40. The lowest BCUT2D eigenvalue weighted by Crippen LogP contribution is -2.57. The number of nitrogens with zero attached hydrogens (tertiary/aromatic N) is 3. The highest BCUT2D eigenvalue weighted by Crippen LogP contribution is 2.25. The predicted octanol–water partition coefficient (Wildman–Crippen LogP) is 2.69. The third-order valence-electron chi connectivity index (χ3n) is 5.38. The average molecular weight is 396 g/mol. The monoisotopic (exact) mass is 396 g/mol. The van der Waals surface area contributed by atoms with Crippen LogP contribution in [-0.4, -0.2) is 56.5 Å². The van der Waals surface area contributed by atoms with Crippen molar-refractivity contribution in [1.82, 2.24) is 19.8 Å². The fourth-order valence-corrected chi connectivity index (χ4v) is 4.01. The number of likely N-dealkylation sites (tertiary alicyclic amines) is 1. The number of imidazole rings is 1. The number of carbonyl (C=O) groups is 1. The predicted molar refractivity (Wildman–Crippen MR) is 108 cm³/mol. The average Bonchev–Trinajstić information content (AvgIpc) is 3.09. The van der Waals surface area contributed by atoms with Crippen LogP contribution in [0.5, 0.6) is 0 Å². The van der Waals surface area contributed by atoms with Crippen molar-refractivity contribution in [3.05, 3.63) is 65.7 Å². The number of carbonyl (C=O) groups excluding carboxylic acids is 1. The highest BCUT2D eigenvalue weighted by atomic mass is 19.1. The molecule has 1 fully saturated rings. The number of halogens is 1. The fraction of sp³-hybridized carbons (Fsp3) is 0.364. The van der Waals surface area contributed by atoms with Gasteiger partial charge in [-0.05, 0) is 49.7 Å². The smallest absolute Gasteiger partial charge is 0.256 e. The molecule has 1 aliphatic rings. The van der Waals surface area contributed by atoms with Crippen LogP contribution in [0.15, 0.2) is 48.5 Å². The first-order chi connectivity index (χ1) is 13.9. The van der Waals surface area contributed by atoms with Crippen LogP contribution in [0.25, 0.3) is 11.0 Å². The van der Waals surface area contributed by atoms with Crippen molar-refractivity contribution in [2.75, 3.05) is 20.1 Å². The SMILES string of the molecule is CN(Cc1nc2ccccc2[nH]1)C[C@@]1(O)CCCN(Cc2ccc(F)cc2)C1=O. The Morgan fingerprint density at radius 2 is 2.00 bits per heavy atom. The van der Waals surface area contributed by atoms with E-state index < -0.39 is 5.60 Å². The van der Waals surface area contributed by atoms with Gasteiger partial charge in [-0.2, -0.15) is 0 Å². The normalized spacial score (nSPS) is 20.0. The Morgan fingerprint density at radius 1 is 1.24 bits per heavy atom. The summed E-state index contributed by atoms with van der Waals surface area (Å²) in [6.07, 6.45) is 1.15. The Balaban J connectivity index is 1.42. The Morgan fingerprint density at radius 3 is 2.76 bits per heavy atom. The van der Waals surface area contributed by atoms with Crippen LogP contribution in [0.4, 0.5) is 4.39 Å². The molecule has 0 unspecified atom stereocenters. The molecular weight excluding hydrogens is 371 g/mol. The molecule has 1 aliphatic heterocycles. The number of hydrogen-bond acceptors (Lipinski definition) is 4. The van der Waals surface area contributed by atoms with Crippen LogP contribution in [0.2, 0.25) is 0 Å². The van der Waals surface area contributed by atoms with Crippen molar-refractivity contribution in [2.24, 2.45) is 0 Å². The number of rotatable bonds is 6. The van der Waals surface area contributed by atoms with Crippen molar-refractivity contribution in [2.45, 2.75) is 31.5 Å². The lowest BCUT2D eigenvalue weighted by molar-refractivity contribution is -0.160. The van der Waals surface area contributed by atoms with E-state index in [1.807, 2.05) is 36.2 Å². The highest BCUT2D eigenvalue weighted by molar-refractivity contribution is 5.86. The topological polar surface area (TPSA) is 72.5 Å². The maximum absolute atomic E-state index is 13.1. The standard InChI is InChI=1S/C22H25FN4O2/c1-26(14-20-24-18-5-2-3-6-19(18)25-20)15-22(29)11-4-12-27(21(22)28)13-16-7-9-17(23)10-8-16/h2-3,5-10,29H,4,11-15H2,1H3,(H,24,25)/t22-/m0/s1. The maximum Gasteiger partial charge on any atom is 0.256 e. The Hall–Kier alpha value is -2.77. The molecule has 0 saturated carbocycles. The van der Waals surface area contributed by atoms with Crippen LogP contribution in [0.3, 0.4) is 0 Å². The number of fused-ring (bicyclic) bond motifs is 1. The number of nitrogens with one attached hydrogen (secondary N) is 1. The van der Waals surface area contributed by atoms with Crippen molar-refractivity contribution in [1.29, 1.82) is 0 Å². The Bertz CT molecular complexity index is 970. The summed E-state index contributed by atoms with van der Waals surface area (Å²) in [6.45, 7) is 1.69. The number of amides is 1. The number of aromatic amines is 1. The lowest BCUT2D eigenvalue weighted by atomic mass is 9.91. The number of benzene rings is 2. The van der Waals surface area contributed by atoms with E-state index >= 15 is 0 Å². The van der Waals surface area contributed by atoms with Gasteiger partial charge in [0.25, 0.3) is 5.91 Å². The molecule has 1 aromatic heterocycles. The molecule has 6 nitrogen and oxygen atoms in total. The van der Waals surface area contributed by atoms with Crippen molar-refractivity contribution in [3.8, 4) is 0 Å². The number of para-hydroxylation sites is 2. The molecule has 152 valence electrons. The van der Waals surface area contributed by atoms with Gasteiger partial charge in [-0.15, -0.1) is 0 Å². The number of H-pyrrole nitrogens is 1. The van der Waals surface area contributed by atoms with Gasteiger partial charge in [0, 0.05) is 19.6 Å². The number of piperidine rings is 1. The quantitative estimate of drug-likeness (QED) is 0.672. The largest absolute Gasteiger partial charge is 0.379 e. The zero-order valence-corrected chi connectivity index (χ0v) is 16.4. The molecule has 2 aromatic carbocycles. The van der Waals surface area contributed by atoms with Gasteiger partial charge >= 0.3 is 0 Å². The van der Waals surface area contributed by atoms with Crippen molar-refractivity contribution in [3.63, 3.8) is 0 Å². The minimum Gasteiger partial charge on any atom is -0.379 e. The highest BCUT2D eigenvalue weighted by Gasteiger charge is 2.42. The summed E-state index contributed by atoms with van der Waals surface area (Å²) in [4.78, 5) is 24.4. The molecule has 2 heterocycles. The van der Waals surface area contributed by atoms with Crippen molar-refractivity contribution >= 4 is 16.9 Å². The summed E-state index contributed by atoms with van der Waals surface area (Å²) in [5.41, 5.74) is 1.28. The molecule has 29 heavy (non-hydrogen) atoms. The third-order valence-corrected chi connectivity index (χ3v) is 5.38. The number of aromatic nitrogens is 2. The van der Waals surface area contributed by atoms with Gasteiger partial charge < -0.3 is 15.0 Å². The summed E-state index contributed by atoms with van der Waals surface area (Å²) in [6, 6.07) is 13.9. The molecule has 0 spiro atoms. The van der Waals surface area contributed by atoms with E-state index in [0.29, 0.717) is 26.1 Å². The summed E-state index contributed by atoms with van der Waals surface area (Å²) < 4.78 is 13.1. The minimum absolute atomic E-state index is 0.225. The molecule has 4 rings (SSSR count). The minimum atomic E-state index is -1.43. The van der Waals surface area contributed by atoms with Crippen LogP contribution in [0, 0.1) is 5.82 Å². The zero-order chi connectivity index (χ0) is 20.4. The second-order valence-electron chi connectivity index (χ2n) is 7.86. The number of aliphatic hydroxyl groups is 1. The molecule has 0 aliphatic carbocycles. The van der Waals surface area contributed by atoms with Gasteiger partial charge in [0.05, 0.1) is 17.6 Å². The van der Waals surface area contributed by atoms with Crippen LogP contribution < -0.4 is 0 Å². The fourth-order valence-electron chi connectivity index (χ4n) is 4.01. The zero-order valence-electron chi connectivity index (χ0n) is 16.4. The maximum atomic E-state index is 13.1. The van der Waals surface area contributed by atoms with E-state index in [9.17, 15) is 14.3 Å². The number of hydrogen-bond donors (Lipinski definition) is 2. The van der Waals surface area contributed by atoms with E-state index in [4.69, 9.17) is 0 Å².